The normalized spacial score (nSPS) is 10.2. The lowest BCUT2D eigenvalue weighted by Crippen LogP contribution is -1.97. The van der Waals surface area contributed by atoms with Gasteiger partial charge in [0.25, 0.3) is 0 Å². The van der Waals surface area contributed by atoms with Crippen molar-refractivity contribution in [3.8, 4) is 0 Å². The lowest BCUT2D eigenvalue weighted by molar-refractivity contribution is 0.268. The topological polar surface area (TPSA) is 20.2 Å². The van der Waals surface area contributed by atoms with Gasteiger partial charge >= 0.3 is 0 Å². The van der Waals surface area contributed by atoms with Crippen LogP contribution in [0.25, 0.3) is 0 Å². The monoisotopic (exact) mass is 158 g/mol. The first kappa shape index (κ1) is 8.14. The van der Waals surface area contributed by atoms with E-state index in [4.69, 9.17) is 5.11 Å². The van der Waals surface area contributed by atoms with E-state index in [0.717, 1.165) is 6.07 Å². The van der Waals surface area contributed by atoms with Crippen LogP contribution in [0.1, 0.15) is 11.1 Å². The summed E-state index contributed by atoms with van der Waals surface area (Å²) >= 11 is 0. The Hall–Kier alpha value is -0.960. The van der Waals surface area contributed by atoms with Gasteiger partial charge in [-0.2, -0.15) is 0 Å². The zero-order valence-corrected chi connectivity index (χ0v) is 6.06. The van der Waals surface area contributed by atoms with Crippen LogP contribution < -0.4 is 0 Å². The second-order valence-electron chi connectivity index (χ2n) is 2.31. The minimum Gasteiger partial charge on any atom is -0.391 e. The Balaban J connectivity index is 3.29. The number of aliphatic hydroxyl groups excluding tert-OH is 1. The second kappa shape index (κ2) is 2.96. The number of hydrogen-bond acceptors (Lipinski definition) is 1. The Morgan fingerprint density at radius 2 is 2.00 bits per heavy atom. The van der Waals surface area contributed by atoms with Crippen molar-refractivity contribution in [3.63, 3.8) is 0 Å². The van der Waals surface area contributed by atoms with Gasteiger partial charge in [-0.25, -0.2) is 8.78 Å². The summed E-state index contributed by atoms with van der Waals surface area (Å²) in [6.45, 7) is 0.924. The highest BCUT2D eigenvalue weighted by atomic mass is 19.1. The van der Waals surface area contributed by atoms with Crippen molar-refractivity contribution in [2.75, 3.05) is 0 Å². The van der Waals surface area contributed by atoms with E-state index in [0.29, 0.717) is 5.56 Å². The quantitative estimate of drug-likeness (QED) is 0.660. The maximum atomic E-state index is 12.9. The van der Waals surface area contributed by atoms with Crippen molar-refractivity contribution in [1.29, 1.82) is 0 Å². The molecule has 0 spiro atoms. The highest BCUT2D eigenvalue weighted by Gasteiger charge is 2.08. The van der Waals surface area contributed by atoms with Crippen molar-refractivity contribution >= 4 is 0 Å². The molecule has 1 aromatic rings. The van der Waals surface area contributed by atoms with Crippen LogP contribution in [0.5, 0.6) is 0 Å². The molecular formula is C8H8F2O. The molecule has 1 rings (SSSR count). The van der Waals surface area contributed by atoms with Gasteiger partial charge in [-0.3, -0.25) is 0 Å². The van der Waals surface area contributed by atoms with E-state index < -0.39 is 18.2 Å². The Morgan fingerprint density at radius 1 is 1.36 bits per heavy atom. The number of hydrogen-bond donors (Lipinski definition) is 1. The molecule has 1 N–H and O–H groups in total. The summed E-state index contributed by atoms with van der Waals surface area (Å²) in [4.78, 5) is 0. The van der Waals surface area contributed by atoms with E-state index in [1.165, 1.54) is 13.0 Å². The summed E-state index contributed by atoms with van der Waals surface area (Å²) in [5, 5.41) is 8.54. The third kappa shape index (κ3) is 1.38. The third-order valence-electron chi connectivity index (χ3n) is 1.54. The summed E-state index contributed by atoms with van der Waals surface area (Å²) in [5.41, 5.74) is 0.0838. The summed E-state index contributed by atoms with van der Waals surface area (Å²) in [5.74, 6) is -1.36. The molecule has 0 aliphatic carbocycles. The van der Waals surface area contributed by atoms with Gasteiger partial charge in [0.1, 0.15) is 11.6 Å². The lowest BCUT2D eigenvalue weighted by Gasteiger charge is -2.02. The van der Waals surface area contributed by atoms with Crippen LogP contribution in [0.15, 0.2) is 12.1 Å². The zero-order chi connectivity index (χ0) is 8.43. The molecule has 1 aromatic carbocycles. The molecule has 0 unspecified atom stereocenters. The van der Waals surface area contributed by atoms with E-state index in [2.05, 4.69) is 0 Å². The molecule has 11 heavy (non-hydrogen) atoms. The Morgan fingerprint density at radius 3 is 2.45 bits per heavy atom. The summed E-state index contributed by atoms with van der Waals surface area (Å²) < 4.78 is 25.5. The molecule has 0 aliphatic heterocycles. The van der Waals surface area contributed by atoms with Crippen molar-refractivity contribution in [2.24, 2.45) is 0 Å². The summed E-state index contributed by atoms with van der Waals surface area (Å²) in [7, 11) is 0. The molecule has 0 fully saturated rings. The van der Waals surface area contributed by atoms with Gasteiger partial charge in [0.05, 0.1) is 6.61 Å². The molecule has 0 atom stereocenters. The summed E-state index contributed by atoms with van der Waals surface area (Å²) in [6, 6.07) is 2.48. The molecule has 0 aromatic heterocycles. The van der Waals surface area contributed by atoms with Crippen LogP contribution in [-0.4, -0.2) is 5.11 Å². The average Bonchev–Trinajstić information content (AvgIpc) is 1.99. The van der Waals surface area contributed by atoms with Crippen LogP contribution >= 0.6 is 0 Å². The molecular weight excluding hydrogens is 150 g/mol. The molecule has 3 heteroatoms. The van der Waals surface area contributed by atoms with E-state index in [1.807, 2.05) is 0 Å². The third-order valence-corrected chi connectivity index (χ3v) is 1.54. The molecule has 0 bridgehead atoms. The van der Waals surface area contributed by atoms with Gasteiger partial charge in [-0.05, 0) is 18.6 Å². The Labute approximate surface area is 63.3 Å². The lowest BCUT2D eigenvalue weighted by atomic mass is 10.1. The molecule has 0 saturated carbocycles. The number of aliphatic hydroxyl groups is 1. The van der Waals surface area contributed by atoms with Crippen molar-refractivity contribution in [2.45, 2.75) is 13.5 Å². The van der Waals surface area contributed by atoms with Crippen LogP contribution in [-0.2, 0) is 6.61 Å². The van der Waals surface area contributed by atoms with Crippen molar-refractivity contribution in [3.05, 3.63) is 34.9 Å². The van der Waals surface area contributed by atoms with Gasteiger partial charge in [-0.15, -0.1) is 0 Å². The van der Waals surface area contributed by atoms with Gasteiger partial charge < -0.3 is 5.11 Å². The number of benzene rings is 1. The molecule has 0 saturated heterocycles. The number of aryl methyl sites for hydroxylation is 1. The van der Waals surface area contributed by atoms with E-state index >= 15 is 0 Å². The summed E-state index contributed by atoms with van der Waals surface area (Å²) in [6.07, 6.45) is 0. The van der Waals surface area contributed by atoms with E-state index in [1.54, 1.807) is 0 Å². The predicted octanol–water partition coefficient (Wildman–Crippen LogP) is 1.77. The minimum absolute atomic E-state index is 0.259. The highest BCUT2D eigenvalue weighted by Crippen LogP contribution is 2.15. The molecule has 0 radical (unpaired) electrons. The van der Waals surface area contributed by atoms with Gasteiger partial charge in [-0.1, -0.05) is 6.07 Å². The van der Waals surface area contributed by atoms with E-state index in [-0.39, 0.29) is 5.56 Å². The first-order valence-electron chi connectivity index (χ1n) is 3.21. The largest absolute Gasteiger partial charge is 0.391 e. The molecule has 0 aliphatic rings. The van der Waals surface area contributed by atoms with Crippen LogP contribution in [0.3, 0.4) is 0 Å². The van der Waals surface area contributed by atoms with Gasteiger partial charge in [0, 0.05) is 5.56 Å². The van der Waals surface area contributed by atoms with E-state index in [9.17, 15) is 8.78 Å². The Kier molecular flexibility index (Phi) is 2.19. The highest BCUT2D eigenvalue weighted by molar-refractivity contribution is 5.25. The maximum absolute atomic E-state index is 12.9. The van der Waals surface area contributed by atoms with Gasteiger partial charge in [0.15, 0.2) is 0 Å². The molecule has 1 nitrogen and oxygen atoms in total. The fraction of sp³-hybridized carbons (Fsp3) is 0.250. The van der Waals surface area contributed by atoms with Crippen LogP contribution in [0.4, 0.5) is 8.78 Å². The zero-order valence-electron chi connectivity index (χ0n) is 6.06. The fourth-order valence-electron chi connectivity index (χ4n) is 0.860. The average molecular weight is 158 g/mol. The second-order valence-corrected chi connectivity index (χ2v) is 2.31. The SMILES string of the molecule is Cc1ccc(F)c(CO)c1F. The Bertz CT molecular complexity index is 271. The van der Waals surface area contributed by atoms with Crippen molar-refractivity contribution < 1.29 is 13.9 Å². The number of rotatable bonds is 1. The van der Waals surface area contributed by atoms with Gasteiger partial charge in [0.2, 0.25) is 0 Å². The molecule has 0 amide bonds. The maximum Gasteiger partial charge on any atom is 0.134 e. The first-order chi connectivity index (χ1) is 5.16. The predicted molar refractivity (Wildman–Crippen MR) is 37.0 cm³/mol. The smallest absolute Gasteiger partial charge is 0.134 e. The number of halogens is 2. The first-order valence-corrected chi connectivity index (χ1v) is 3.21. The van der Waals surface area contributed by atoms with Crippen LogP contribution in [0, 0.1) is 18.6 Å². The molecule has 60 valence electrons. The standard InChI is InChI=1S/C8H8F2O/c1-5-2-3-7(9)6(4-11)8(5)10/h2-3,11H,4H2,1H3. The van der Waals surface area contributed by atoms with Crippen molar-refractivity contribution in [1.82, 2.24) is 0 Å². The fourth-order valence-corrected chi connectivity index (χ4v) is 0.860. The minimum atomic E-state index is -0.699. The van der Waals surface area contributed by atoms with Crippen LogP contribution in [0.2, 0.25) is 0 Å². The molecule has 0 heterocycles.